The molecule has 0 saturated heterocycles. The van der Waals surface area contributed by atoms with Crippen LogP contribution in [0.25, 0.3) is 11.3 Å². The van der Waals surface area contributed by atoms with Crippen molar-refractivity contribution in [3.63, 3.8) is 0 Å². The van der Waals surface area contributed by atoms with Crippen molar-refractivity contribution in [2.24, 2.45) is 7.05 Å². The molecule has 0 spiro atoms. The van der Waals surface area contributed by atoms with E-state index in [-0.39, 0.29) is 0 Å². The van der Waals surface area contributed by atoms with Crippen molar-refractivity contribution in [2.75, 3.05) is 5.73 Å². The van der Waals surface area contributed by atoms with Gasteiger partial charge in [-0.2, -0.15) is 5.10 Å². The number of aromatic nitrogens is 4. The van der Waals surface area contributed by atoms with Crippen molar-refractivity contribution >= 4 is 5.82 Å². The Balaban J connectivity index is 2.11. The average molecular weight is 259 g/mol. The van der Waals surface area contributed by atoms with Gasteiger partial charge >= 0.3 is 0 Å². The lowest BCUT2D eigenvalue weighted by molar-refractivity contribution is 0.676. The molecule has 0 unspecified atom stereocenters. The minimum absolute atomic E-state index is 0.569. The summed E-state index contributed by atoms with van der Waals surface area (Å²) in [5.74, 6) is 1.93. The number of anilines is 1. The van der Waals surface area contributed by atoms with Crippen molar-refractivity contribution in [1.82, 2.24) is 19.3 Å². The van der Waals surface area contributed by atoms with E-state index in [1.54, 1.807) is 0 Å². The highest BCUT2D eigenvalue weighted by atomic mass is 15.3. The summed E-state index contributed by atoms with van der Waals surface area (Å²) in [6, 6.07) is 0.569. The van der Waals surface area contributed by atoms with Crippen molar-refractivity contribution in [2.45, 2.75) is 45.6 Å². The highest BCUT2D eigenvalue weighted by Gasteiger charge is 2.30. The van der Waals surface area contributed by atoms with E-state index in [4.69, 9.17) is 10.7 Å². The Morgan fingerprint density at radius 3 is 2.68 bits per heavy atom. The first-order valence-electron chi connectivity index (χ1n) is 6.99. The minimum Gasteiger partial charge on any atom is -0.383 e. The van der Waals surface area contributed by atoms with Crippen LogP contribution in [0.4, 0.5) is 5.82 Å². The van der Waals surface area contributed by atoms with Crippen LogP contribution in [0.2, 0.25) is 0 Å². The molecule has 0 bridgehead atoms. The van der Waals surface area contributed by atoms with E-state index >= 15 is 0 Å². The minimum atomic E-state index is 0.569. The Morgan fingerprint density at radius 2 is 2.16 bits per heavy atom. The highest BCUT2D eigenvalue weighted by molar-refractivity contribution is 5.72. The zero-order chi connectivity index (χ0) is 13.6. The van der Waals surface area contributed by atoms with Gasteiger partial charge < -0.3 is 10.3 Å². The van der Waals surface area contributed by atoms with Gasteiger partial charge in [0.15, 0.2) is 0 Å². The molecular weight excluding hydrogens is 238 g/mol. The molecule has 3 rings (SSSR count). The number of aryl methyl sites for hydroxylation is 2. The van der Waals surface area contributed by atoms with Crippen LogP contribution in [0.5, 0.6) is 0 Å². The van der Waals surface area contributed by atoms with Gasteiger partial charge in [-0.15, -0.1) is 0 Å². The summed E-state index contributed by atoms with van der Waals surface area (Å²) in [6.07, 6.45) is 6.39. The van der Waals surface area contributed by atoms with Crippen LogP contribution in [0, 0.1) is 6.92 Å². The largest absolute Gasteiger partial charge is 0.383 e. The van der Waals surface area contributed by atoms with Crippen molar-refractivity contribution in [3.05, 3.63) is 17.7 Å². The van der Waals surface area contributed by atoms with Crippen LogP contribution >= 0.6 is 0 Å². The molecule has 2 aromatic rings. The molecule has 1 fully saturated rings. The fraction of sp³-hybridized carbons (Fsp3) is 0.571. The molecular formula is C14H21N5. The van der Waals surface area contributed by atoms with Gasteiger partial charge in [-0.05, 0) is 26.2 Å². The summed E-state index contributed by atoms with van der Waals surface area (Å²) in [5.41, 5.74) is 9.41. The lowest BCUT2D eigenvalue weighted by atomic mass is 10.2. The van der Waals surface area contributed by atoms with Gasteiger partial charge in [0.2, 0.25) is 0 Å². The molecule has 0 atom stereocenters. The Morgan fingerprint density at radius 1 is 1.42 bits per heavy atom. The van der Waals surface area contributed by atoms with Gasteiger partial charge in [-0.25, -0.2) is 4.98 Å². The summed E-state index contributed by atoms with van der Waals surface area (Å²) in [4.78, 5) is 4.79. The van der Waals surface area contributed by atoms with E-state index < -0.39 is 0 Å². The van der Waals surface area contributed by atoms with Crippen LogP contribution in [0.3, 0.4) is 0 Å². The number of rotatable bonds is 4. The normalized spacial score (nSPS) is 15.1. The molecule has 2 heterocycles. The maximum absolute atomic E-state index is 6.35. The van der Waals surface area contributed by atoms with E-state index in [9.17, 15) is 0 Å². The summed E-state index contributed by atoms with van der Waals surface area (Å²) in [6.45, 7) is 4.23. The standard InChI is InChI=1S/C14H21N5/c1-4-5-12-17-13(11-8-16-18(3)9(11)2)14(15)19(12)10-6-7-10/h8,10H,4-7,15H2,1-3H3. The molecule has 2 N–H and O–H groups in total. The van der Waals surface area contributed by atoms with Gasteiger partial charge in [0.1, 0.15) is 17.3 Å². The molecule has 5 heteroatoms. The molecule has 5 nitrogen and oxygen atoms in total. The quantitative estimate of drug-likeness (QED) is 0.917. The first-order valence-corrected chi connectivity index (χ1v) is 6.99. The van der Waals surface area contributed by atoms with Gasteiger partial charge in [0, 0.05) is 30.8 Å². The first-order chi connectivity index (χ1) is 9.13. The Hall–Kier alpha value is -1.78. The Bertz CT molecular complexity index is 604. The Kier molecular flexibility index (Phi) is 2.84. The fourth-order valence-corrected chi connectivity index (χ4v) is 2.56. The monoisotopic (exact) mass is 259 g/mol. The smallest absolute Gasteiger partial charge is 0.132 e. The molecule has 0 aliphatic heterocycles. The van der Waals surface area contributed by atoms with E-state index in [2.05, 4.69) is 23.5 Å². The van der Waals surface area contributed by atoms with Gasteiger partial charge in [0.05, 0.1) is 6.20 Å². The summed E-state index contributed by atoms with van der Waals surface area (Å²) < 4.78 is 4.11. The number of nitrogens with two attached hydrogens (primary N) is 1. The van der Waals surface area contributed by atoms with E-state index in [1.165, 1.54) is 12.8 Å². The number of hydrogen-bond donors (Lipinski definition) is 1. The van der Waals surface area contributed by atoms with Crippen LogP contribution in [-0.4, -0.2) is 19.3 Å². The van der Waals surface area contributed by atoms with Crippen LogP contribution in [0.15, 0.2) is 6.20 Å². The second-order valence-corrected chi connectivity index (χ2v) is 5.38. The second-order valence-electron chi connectivity index (χ2n) is 5.38. The highest BCUT2D eigenvalue weighted by Crippen LogP contribution is 2.41. The second kappa shape index (κ2) is 4.40. The fourth-order valence-electron chi connectivity index (χ4n) is 2.56. The summed E-state index contributed by atoms with van der Waals surface area (Å²) >= 11 is 0. The average Bonchev–Trinajstić information content (AvgIpc) is 3.09. The summed E-state index contributed by atoms with van der Waals surface area (Å²) in [5, 5.41) is 4.29. The SMILES string of the molecule is CCCc1nc(-c2cnn(C)c2C)c(N)n1C1CC1. The Labute approximate surface area is 113 Å². The predicted octanol–water partition coefficient (Wildman–Crippen LogP) is 2.46. The number of imidazole rings is 1. The topological polar surface area (TPSA) is 61.7 Å². The van der Waals surface area contributed by atoms with Gasteiger partial charge in [-0.3, -0.25) is 4.68 Å². The molecule has 19 heavy (non-hydrogen) atoms. The van der Waals surface area contributed by atoms with Gasteiger partial charge in [0.25, 0.3) is 0 Å². The van der Waals surface area contributed by atoms with E-state index in [0.717, 1.165) is 41.4 Å². The zero-order valence-corrected chi connectivity index (χ0v) is 11.8. The first kappa shape index (κ1) is 12.3. The van der Waals surface area contributed by atoms with Crippen LogP contribution in [-0.2, 0) is 13.5 Å². The number of hydrogen-bond acceptors (Lipinski definition) is 3. The van der Waals surface area contributed by atoms with E-state index in [0.29, 0.717) is 6.04 Å². The third kappa shape index (κ3) is 1.93. The summed E-state index contributed by atoms with van der Waals surface area (Å²) in [7, 11) is 1.94. The van der Waals surface area contributed by atoms with Crippen LogP contribution in [0.1, 0.15) is 43.7 Å². The molecule has 2 aromatic heterocycles. The molecule has 102 valence electrons. The maximum atomic E-state index is 6.35. The van der Waals surface area contributed by atoms with E-state index in [1.807, 2.05) is 17.9 Å². The maximum Gasteiger partial charge on any atom is 0.132 e. The molecule has 1 aliphatic rings. The number of nitrogen functional groups attached to an aromatic ring is 1. The molecule has 1 saturated carbocycles. The lowest BCUT2D eigenvalue weighted by Crippen LogP contribution is -2.05. The zero-order valence-electron chi connectivity index (χ0n) is 11.8. The molecule has 0 aromatic carbocycles. The van der Waals surface area contributed by atoms with Crippen LogP contribution < -0.4 is 5.73 Å². The van der Waals surface area contributed by atoms with Gasteiger partial charge in [-0.1, -0.05) is 6.92 Å². The third-order valence-electron chi connectivity index (χ3n) is 3.90. The van der Waals surface area contributed by atoms with Crippen molar-refractivity contribution in [3.8, 4) is 11.3 Å². The molecule has 0 radical (unpaired) electrons. The predicted molar refractivity (Wildman–Crippen MR) is 75.8 cm³/mol. The molecule has 1 aliphatic carbocycles. The lowest BCUT2D eigenvalue weighted by Gasteiger charge is -2.07. The van der Waals surface area contributed by atoms with Crippen molar-refractivity contribution < 1.29 is 0 Å². The number of nitrogens with zero attached hydrogens (tertiary/aromatic N) is 4. The third-order valence-corrected chi connectivity index (χ3v) is 3.90. The molecule has 0 amide bonds. The van der Waals surface area contributed by atoms with Crippen molar-refractivity contribution in [1.29, 1.82) is 0 Å².